The molecule has 0 heterocycles. The molecule has 2 aromatic rings. The Morgan fingerprint density at radius 3 is 2.25 bits per heavy atom. The van der Waals surface area contributed by atoms with E-state index in [-0.39, 0.29) is 18.3 Å². The van der Waals surface area contributed by atoms with Crippen LogP contribution in [-0.2, 0) is 0 Å². The Bertz CT molecular complexity index is 1040. The number of carbonyl (C=O) groups is 1. The average Bonchev–Trinajstić information content (AvgIpc) is 2.89. The average molecular weight is 502 g/mol. The van der Waals surface area contributed by atoms with Crippen molar-refractivity contribution in [3.8, 4) is 17.6 Å². The first-order valence-corrected chi connectivity index (χ1v) is 13.0. The van der Waals surface area contributed by atoms with E-state index in [1.165, 1.54) is 69.2 Å². The second-order valence-electron chi connectivity index (χ2n) is 9.64. The van der Waals surface area contributed by atoms with Crippen LogP contribution in [0.3, 0.4) is 0 Å². The first-order valence-electron chi connectivity index (χ1n) is 13.0. The zero-order valence-electron chi connectivity index (χ0n) is 20.8. The molecule has 1 saturated carbocycles. The molecular weight excluding hydrogens is 467 g/mol. The van der Waals surface area contributed by atoms with E-state index in [0.717, 1.165) is 25.7 Å². The molecule has 0 saturated heterocycles. The van der Waals surface area contributed by atoms with Crippen LogP contribution in [0.5, 0.6) is 11.5 Å². The quantitative estimate of drug-likeness (QED) is 0.127. The summed E-state index contributed by atoms with van der Waals surface area (Å²) in [5.41, 5.74) is -0.525. The lowest BCUT2D eigenvalue weighted by atomic mass is 9.80. The number of ether oxygens (including phenoxy) is 2. The summed E-state index contributed by atoms with van der Waals surface area (Å²) in [6.45, 7) is 2.32. The first-order chi connectivity index (χ1) is 17.4. The van der Waals surface area contributed by atoms with Gasteiger partial charge in [0, 0.05) is 0 Å². The van der Waals surface area contributed by atoms with E-state index in [0.29, 0.717) is 17.5 Å². The van der Waals surface area contributed by atoms with Crippen molar-refractivity contribution in [3.63, 3.8) is 0 Å². The third kappa shape index (κ3) is 7.74. The van der Waals surface area contributed by atoms with Gasteiger partial charge >= 0.3 is 5.97 Å². The maximum absolute atomic E-state index is 14.6. The number of hydrogen-bond acceptors (Lipinski definition) is 4. The molecule has 0 unspecified atom stereocenters. The summed E-state index contributed by atoms with van der Waals surface area (Å²) in [6, 6.07) is 7.98. The summed E-state index contributed by atoms with van der Waals surface area (Å²) >= 11 is 0. The van der Waals surface area contributed by atoms with Gasteiger partial charge in [-0.25, -0.2) is 13.6 Å². The summed E-state index contributed by atoms with van der Waals surface area (Å²) < 4.78 is 54.1. The topological polar surface area (TPSA) is 59.3 Å². The second kappa shape index (κ2) is 13.9. The monoisotopic (exact) mass is 501 g/mol. The van der Waals surface area contributed by atoms with Gasteiger partial charge in [-0.1, -0.05) is 64.7 Å². The van der Waals surface area contributed by atoms with Gasteiger partial charge in [0.25, 0.3) is 0 Å². The molecular formula is C29H34F3NO3. The van der Waals surface area contributed by atoms with Gasteiger partial charge in [-0.2, -0.15) is 9.65 Å². The van der Waals surface area contributed by atoms with Crippen LogP contribution < -0.4 is 9.47 Å². The fraction of sp³-hybridized carbons (Fsp3) is 0.517. The van der Waals surface area contributed by atoms with E-state index >= 15 is 0 Å². The fourth-order valence-corrected chi connectivity index (χ4v) is 4.72. The molecule has 2 aromatic carbocycles. The van der Waals surface area contributed by atoms with Crippen LogP contribution in [0.4, 0.5) is 13.2 Å². The van der Waals surface area contributed by atoms with Crippen LogP contribution in [-0.4, -0.2) is 12.6 Å². The normalized spacial score (nSPS) is 17.4. The first kappa shape index (κ1) is 27.6. The van der Waals surface area contributed by atoms with Crippen molar-refractivity contribution in [2.45, 2.75) is 77.6 Å². The Hall–Kier alpha value is -3.01. The van der Waals surface area contributed by atoms with Crippen molar-refractivity contribution in [2.24, 2.45) is 11.8 Å². The second-order valence-corrected chi connectivity index (χ2v) is 9.64. The van der Waals surface area contributed by atoms with Crippen LogP contribution in [0, 0.1) is 40.6 Å². The Labute approximate surface area is 211 Å². The Morgan fingerprint density at radius 2 is 1.58 bits per heavy atom. The lowest BCUT2D eigenvalue weighted by Gasteiger charge is -2.28. The Kier molecular flexibility index (Phi) is 10.7. The standard InChI is InChI=1S/C29H34F3NO3/c1-2-3-4-5-6-7-8-20-9-11-22(12-10-20)19-35-28-25(30)17-24(26(31)27(28)32)29(34)36-23-15-13-21(18-33)14-16-23/h13-17,20,22H,2-12,19H2,1H3. The lowest BCUT2D eigenvalue weighted by molar-refractivity contribution is 0.0727. The zero-order chi connectivity index (χ0) is 25.9. The number of hydrogen-bond donors (Lipinski definition) is 0. The van der Waals surface area contributed by atoms with Crippen molar-refractivity contribution >= 4 is 5.97 Å². The van der Waals surface area contributed by atoms with Crippen LogP contribution in [0.15, 0.2) is 30.3 Å². The highest BCUT2D eigenvalue weighted by Crippen LogP contribution is 2.34. The Morgan fingerprint density at radius 1 is 0.944 bits per heavy atom. The van der Waals surface area contributed by atoms with E-state index in [4.69, 9.17) is 14.7 Å². The molecule has 0 N–H and O–H groups in total. The maximum atomic E-state index is 14.6. The third-order valence-electron chi connectivity index (χ3n) is 6.93. The minimum absolute atomic E-state index is 0.0200. The molecule has 36 heavy (non-hydrogen) atoms. The number of rotatable bonds is 12. The summed E-state index contributed by atoms with van der Waals surface area (Å²) in [6.07, 6.45) is 12.9. The summed E-state index contributed by atoms with van der Waals surface area (Å²) in [7, 11) is 0. The molecule has 0 amide bonds. The number of benzene rings is 2. The predicted octanol–water partition coefficient (Wildman–Crippen LogP) is 8.13. The van der Waals surface area contributed by atoms with Gasteiger partial charge in [0.15, 0.2) is 17.4 Å². The van der Waals surface area contributed by atoms with Crippen LogP contribution >= 0.6 is 0 Å². The minimum Gasteiger partial charge on any atom is -0.487 e. The maximum Gasteiger partial charge on any atom is 0.346 e. The van der Waals surface area contributed by atoms with Crippen molar-refractivity contribution in [3.05, 3.63) is 58.9 Å². The summed E-state index contributed by atoms with van der Waals surface area (Å²) in [4.78, 5) is 12.3. The number of esters is 1. The largest absolute Gasteiger partial charge is 0.487 e. The molecule has 194 valence electrons. The molecule has 1 aliphatic rings. The van der Waals surface area contributed by atoms with E-state index < -0.39 is 34.7 Å². The molecule has 0 spiro atoms. The fourth-order valence-electron chi connectivity index (χ4n) is 4.72. The van der Waals surface area contributed by atoms with Crippen molar-refractivity contribution in [1.82, 2.24) is 0 Å². The number of carbonyl (C=O) groups excluding carboxylic acids is 1. The Balaban J connectivity index is 1.49. The number of nitriles is 1. The highest BCUT2D eigenvalue weighted by Gasteiger charge is 2.27. The van der Waals surface area contributed by atoms with Gasteiger partial charge in [-0.05, 0) is 55.0 Å². The highest BCUT2D eigenvalue weighted by molar-refractivity contribution is 5.91. The minimum atomic E-state index is -1.54. The van der Waals surface area contributed by atoms with Gasteiger partial charge in [0.2, 0.25) is 5.82 Å². The smallest absolute Gasteiger partial charge is 0.346 e. The highest BCUT2D eigenvalue weighted by atomic mass is 19.2. The summed E-state index contributed by atoms with van der Waals surface area (Å²) in [5.74, 6) is -5.40. The molecule has 0 radical (unpaired) electrons. The van der Waals surface area contributed by atoms with Gasteiger partial charge < -0.3 is 9.47 Å². The molecule has 1 fully saturated rings. The lowest BCUT2D eigenvalue weighted by Crippen LogP contribution is -2.21. The zero-order valence-corrected chi connectivity index (χ0v) is 20.8. The molecule has 3 rings (SSSR count). The van der Waals surface area contributed by atoms with E-state index in [9.17, 15) is 18.0 Å². The van der Waals surface area contributed by atoms with Crippen LogP contribution in [0.2, 0.25) is 0 Å². The SMILES string of the molecule is CCCCCCCCC1CCC(COc2c(F)cc(C(=O)Oc3ccc(C#N)cc3)c(F)c2F)CC1. The van der Waals surface area contributed by atoms with Crippen LogP contribution in [0.25, 0.3) is 0 Å². The van der Waals surface area contributed by atoms with E-state index in [1.807, 2.05) is 6.07 Å². The predicted molar refractivity (Wildman–Crippen MR) is 131 cm³/mol. The number of unbranched alkanes of at least 4 members (excludes halogenated alkanes) is 5. The van der Waals surface area contributed by atoms with Crippen molar-refractivity contribution < 1.29 is 27.4 Å². The molecule has 4 nitrogen and oxygen atoms in total. The molecule has 0 bridgehead atoms. The van der Waals surface area contributed by atoms with Gasteiger partial charge in [0.05, 0.1) is 18.2 Å². The van der Waals surface area contributed by atoms with E-state index in [2.05, 4.69) is 6.92 Å². The van der Waals surface area contributed by atoms with Crippen LogP contribution in [0.1, 0.15) is 93.5 Å². The molecule has 0 atom stereocenters. The molecule has 7 heteroatoms. The number of nitrogens with zero attached hydrogens (tertiary/aromatic N) is 1. The molecule has 0 aliphatic heterocycles. The van der Waals surface area contributed by atoms with Gasteiger partial charge in [0.1, 0.15) is 11.3 Å². The van der Waals surface area contributed by atoms with Crippen molar-refractivity contribution in [2.75, 3.05) is 6.61 Å². The molecule has 0 aromatic heterocycles. The van der Waals surface area contributed by atoms with E-state index in [1.54, 1.807) is 0 Å². The van der Waals surface area contributed by atoms with Crippen molar-refractivity contribution in [1.29, 1.82) is 5.26 Å². The van der Waals surface area contributed by atoms with Gasteiger partial charge in [-0.15, -0.1) is 0 Å². The summed E-state index contributed by atoms with van der Waals surface area (Å²) in [5, 5.41) is 8.81. The van der Waals surface area contributed by atoms with Gasteiger partial charge in [-0.3, -0.25) is 0 Å². The molecule has 1 aliphatic carbocycles. The number of halogens is 3. The third-order valence-corrected chi connectivity index (χ3v) is 6.93.